The van der Waals surface area contributed by atoms with Crippen LogP contribution < -0.4 is 10.8 Å². The third-order valence-corrected chi connectivity index (χ3v) is 4.09. The van der Waals surface area contributed by atoms with Gasteiger partial charge in [-0.1, -0.05) is 25.7 Å². The molecule has 7 heteroatoms. The zero-order chi connectivity index (χ0) is 14.6. The molecular weight excluding hydrogens is 264 g/mol. The van der Waals surface area contributed by atoms with Crippen LogP contribution in [0.4, 0.5) is 0 Å². The van der Waals surface area contributed by atoms with E-state index in [4.69, 9.17) is 4.84 Å². The number of aliphatic carboxylic acids is 1. The Morgan fingerprint density at radius 1 is 1.30 bits per heavy atom. The first-order chi connectivity index (χ1) is 9.53. The molecule has 0 aromatic carbocycles. The minimum absolute atomic E-state index is 0.0741. The second-order valence-electron chi connectivity index (χ2n) is 5.57. The molecule has 1 heterocycles. The van der Waals surface area contributed by atoms with E-state index in [1.54, 1.807) is 0 Å². The molecule has 2 rings (SSSR count). The number of hydroxylamine groups is 1. The molecule has 7 nitrogen and oxygen atoms in total. The molecular formula is C13H20N2O5. The smallest absolute Gasteiger partial charge is 0.310 e. The number of carbonyl (C=O) groups excluding carboxylic acids is 2. The van der Waals surface area contributed by atoms with Crippen LogP contribution in [0, 0.1) is 5.41 Å². The first-order valence-electron chi connectivity index (χ1n) is 6.98. The van der Waals surface area contributed by atoms with Gasteiger partial charge in [-0.2, -0.15) is 0 Å². The van der Waals surface area contributed by atoms with Crippen molar-refractivity contribution in [2.45, 2.75) is 51.0 Å². The molecule has 2 fully saturated rings. The van der Waals surface area contributed by atoms with Gasteiger partial charge in [0.1, 0.15) is 12.6 Å². The van der Waals surface area contributed by atoms with Gasteiger partial charge in [-0.3, -0.25) is 19.2 Å². The van der Waals surface area contributed by atoms with E-state index in [9.17, 15) is 19.5 Å². The van der Waals surface area contributed by atoms with Crippen LogP contribution in [-0.2, 0) is 19.2 Å². The summed E-state index contributed by atoms with van der Waals surface area (Å²) in [4.78, 5) is 39.6. The lowest BCUT2D eigenvalue weighted by atomic mass is 9.77. The summed E-state index contributed by atoms with van der Waals surface area (Å²) < 4.78 is 0. The van der Waals surface area contributed by atoms with Crippen LogP contribution in [0.2, 0.25) is 0 Å². The Balaban J connectivity index is 1.98. The SMILES string of the molecule is O=C(CC1(C(=O)O)CCCCCC1)N[C@@H]1CONC1=O. The maximum atomic E-state index is 12.0. The van der Waals surface area contributed by atoms with Crippen molar-refractivity contribution in [2.24, 2.45) is 5.41 Å². The number of carboxylic acids is 1. The summed E-state index contributed by atoms with van der Waals surface area (Å²) in [5.41, 5.74) is 1.16. The summed E-state index contributed by atoms with van der Waals surface area (Å²) in [7, 11) is 0. The third kappa shape index (κ3) is 3.27. The summed E-state index contributed by atoms with van der Waals surface area (Å²) in [5, 5.41) is 12.0. The van der Waals surface area contributed by atoms with E-state index in [0.29, 0.717) is 12.8 Å². The highest BCUT2D eigenvalue weighted by Crippen LogP contribution is 2.38. The van der Waals surface area contributed by atoms with Crippen molar-refractivity contribution in [1.82, 2.24) is 10.8 Å². The number of nitrogens with one attached hydrogen (secondary N) is 2. The summed E-state index contributed by atoms with van der Waals surface area (Å²) in [6.45, 7) is 0.0741. The summed E-state index contributed by atoms with van der Waals surface area (Å²) in [6, 6.07) is -0.723. The lowest BCUT2D eigenvalue weighted by molar-refractivity contribution is -0.153. The lowest BCUT2D eigenvalue weighted by Gasteiger charge is -2.27. The van der Waals surface area contributed by atoms with E-state index >= 15 is 0 Å². The number of hydrogen-bond donors (Lipinski definition) is 3. The summed E-state index contributed by atoms with van der Waals surface area (Å²) >= 11 is 0. The number of rotatable bonds is 4. The maximum absolute atomic E-state index is 12.0. The molecule has 2 aliphatic rings. The molecule has 0 aromatic rings. The Labute approximate surface area is 117 Å². The maximum Gasteiger partial charge on any atom is 0.310 e. The molecule has 0 unspecified atom stereocenters. The fraction of sp³-hybridized carbons (Fsp3) is 0.769. The van der Waals surface area contributed by atoms with Crippen LogP contribution in [-0.4, -0.2) is 35.5 Å². The third-order valence-electron chi connectivity index (χ3n) is 4.09. The van der Waals surface area contributed by atoms with Crippen molar-refractivity contribution in [3.63, 3.8) is 0 Å². The van der Waals surface area contributed by atoms with Gasteiger partial charge in [-0.25, -0.2) is 5.48 Å². The van der Waals surface area contributed by atoms with Crippen LogP contribution in [0.5, 0.6) is 0 Å². The topological polar surface area (TPSA) is 105 Å². The van der Waals surface area contributed by atoms with Crippen molar-refractivity contribution in [3.05, 3.63) is 0 Å². The standard InChI is InChI=1S/C13H20N2O5/c16-10(14-9-8-20-15-11(9)17)7-13(12(18)19)5-3-1-2-4-6-13/h9H,1-8H2,(H,14,16)(H,15,17)(H,18,19)/t9-/m1/s1. The minimum Gasteiger partial charge on any atom is -0.481 e. The average Bonchev–Trinajstić information content (AvgIpc) is 2.66. The van der Waals surface area contributed by atoms with Crippen LogP contribution in [0.1, 0.15) is 44.9 Å². The van der Waals surface area contributed by atoms with Crippen molar-refractivity contribution in [1.29, 1.82) is 0 Å². The van der Waals surface area contributed by atoms with E-state index in [2.05, 4.69) is 10.8 Å². The number of amides is 2. The number of hydrogen-bond acceptors (Lipinski definition) is 4. The Bertz CT molecular complexity index is 402. The Hall–Kier alpha value is -1.63. The van der Waals surface area contributed by atoms with Gasteiger partial charge in [0.25, 0.3) is 5.91 Å². The number of carboxylic acid groups (broad SMARTS) is 1. The molecule has 1 atom stereocenters. The minimum atomic E-state index is -0.990. The van der Waals surface area contributed by atoms with Crippen molar-refractivity contribution in [2.75, 3.05) is 6.61 Å². The van der Waals surface area contributed by atoms with Crippen molar-refractivity contribution in [3.8, 4) is 0 Å². The van der Waals surface area contributed by atoms with Gasteiger partial charge in [-0.15, -0.1) is 0 Å². The molecule has 0 aromatic heterocycles. The second kappa shape index (κ2) is 6.21. The molecule has 0 spiro atoms. The highest BCUT2D eigenvalue weighted by molar-refractivity contribution is 5.90. The highest BCUT2D eigenvalue weighted by atomic mass is 16.7. The van der Waals surface area contributed by atoms with E-state index in [1.165, 1.54) is 0 Å². The van der Waals surface area contributed by atoms with Crippen LogP contribution >= 0.6 is 0 Å². The first-order valence-corrected chi connectivity index (χ1v) is 6.98. The second-order valence-corrected chi connectivity index (χ2v) is 5.57. The van der Waals surface area contributed by atoms with Crippen molar-refractivity contribution < 1.29 is 24.3 Å². The van der Waals surface area contributed by atoms with Gasteiger partial charge < -0.3 is 10.4 Å². The molecule has 1 saturated carbocycles. The molecule has 112 valence electrons. The van der Waals surface area contributed by atoms with Crippen LogP contribution in [0.25, 0.3) is 0 Å². The lowest BCUT2D eigenvalue weighted by Crippen LogP contribution is -2.45. The Morgan fingerprint density at radius 2 is 1.95 bits per heavy atom. The largest absolute Gasteiger partial charge is 0.481 e. The summed E-state index contributed by atoms with van der Waals surface area (Å²) in [5.74, 6) is -1.72. The Kier molecular flexibility index (Phi) is 4.59. The van der Waals surface area contributed by atoms with Crippen LogP contribution in [0.3, 0.4) is 0 Å². The van der Waals surface area contributed by atoms with Gasteiger partial charge in [-0.05, 0) is 12.8 Å². The van der Waals surface area contributed by atoms with Gasteiger partial charge >= 0.3 is 5.97 Å². The molecule has 3 N–H and O–H groups in total. The van der Waals surface area contributed by atoms with Crippen LogP contribution in [0.15, 0.2) is 0 Å². The zero-order valence-electron chi connectivity index (χ0n) is 11.3. The molecule has 1 aliphatic heterocycles. The zero-order valence-corrected chi connectivity index (χ0v) is 11.3. The van der Waals surface area contributed by atoms with E-state index < -0.39 is 29.2 Å². The van der Waals surface area contributed by atoms with Gasteiger partial charge in [0, 0.05) is 6.42 Å². The molecule has 0 bridgehead atoms. The van der Waals surface area contributed by atoms with E-state index in [-0.39, 0.29) is 13.0 Å². The quantitative estimate of drug-likeness (QED) is 0.646. The van der Waals surface area contributed by atoms with Gasteiger partial charge in [0.05, 0.1) is 5.41 Å². The average molecular weight is 284 g/mol. The molecule has 1 aliphatic carbocycles. The predicted molar refractivity (Wildman–Crippen MR) is 68.4 cm³/mol. The number of carbonyl (C=O) groups is 3. The van der Waals surface area contributed by atoms with E-state index in [0.717, 1.165) is 25.7 Å². The Morgan fingerprint density at radius 3 is 2.45 bits per heavy atom. The molecule has 0 radical (unpaired) electrons. The monoisotopic (exact) mass is 284 g/mol. The fourth-order valence-corrected chi connectivity index (χ4v) is 2.87. The van der Waals surface area contributed by atoms with Gasteiger partial charge in [0.2, 0.25) is 5.91 Å². The van der Waals surface area contributed by atoms with Crippen molar-refractivity contribution >= 4 is 17.8 Å². The molecule has 20 heavy (non-hydrogen) atoms. The van der Waals surface area contributed by atoms with E-state index in [1.807, 2.05) is 0 Å². The summed E-state index contributed by atoms with van der Waals surface area (Å²) in [6.07, 6.45) is 4.63. The normalized spacial score (nSPS) is 25.6. The fourth-order valence-electron chi connectivity index (χ4n) is 2.87. The molecule has 2 amide bonds. The highest BCUT2D eigenvalue weighted by Gasteiger charge is 2.41. The predicted octanol–water partition coefficient (Wildman–Crippen LogP) is 0.348. The first kappa shape index (κ1) is 14.8. The van der Waals surface area contributed by atoms with Gasteiger partial charge in [0.15, 0.2) is 0 Å². The molecule has 1 saturated heterocycles.